The smallest absolute Gasteiger partial charge is 0.164 e. The second-order valence-electron chi connectivity index (χ2n) is 30.2. The van der Waals surface area contributed by atoms with Gasteiger partial charge in [-0.05, 0) is 195 Å². The molecule has 0 amide bonds. The molecule has 0 aliphatic rings. The van der Waals surface area contributed by atoms with E-state index in [0.29, 0.717) is 52.4 Å². The molecule has 0 radical (unpaired) electrons. The molecule has 21 rings (SSSR count). The van der Waals surface area contributed by atoms with Gasteiger partial charge in [-0.25, -0.2) is 44.9 Å². The summed E-state index contributed by atoms with van der Waals surface area (Å²) in [6.45, 7) is 6.06. The Balaban J connectivity index is 0.000000121. The van der Waals surface area contributed by atoms with E-state index in [1.165, 1.54) is 32.3 Å². The Kier molecular flexibility index (Phi) is 21.8. The number of fused-ring (bicyclic) bond motifs is 3. The predicted octanol–water partition coefficient (Wildman–Crippen LogP) is 27.2. The van der Waals surface area contributed by atoms with Crippen LogP contribution in [0.2, 0.25) is 0 Å². The van der Waals surface area contributed by atoms with Crippen molar-refractivity contribution in [1.82, 2.24) is 59.8 Å². The van der Waals surface area contributed by atoms with Crippen molar-refractivity contribution in [3.63, 3.8) is 0 Å². The Morgan fingerprint density at radius 2 is 0.439 bits per heavy atom. The van der Waals surface area contributed by atoms with Crippen LogP contribution in [0.4, 0.5) is 0 Å². The zero-order chi connectivity index (χ0) is 82.8. The van der Waals surface area contributed by atoms with E-state index in [0.717, 1.165) is 134 Å². The molecule has 0 unspecified atom stereocenters. The lowest BCUT2D eigenvalue weighted by molar-refractivity contribution is 1.07. The molecule has 0 aliphatic heterocycles. The minimum Gasteiger partial charge on any atom is -0.261 e. The van der Waals surface area contributed by atoms with Gasteiger partial charge < -0.3 is 0 Å². The number of nitrogens with zero attached hydrogens (tertiary/aromatic N) is 12. The average Bonchev–Trinajstić information content (AvgIpc) is 0.769. The number of rotatable bonds is 15. The van der Waals surface area contributed by atoms with E-state index in [1.54, 1.807) is 0 Å². The molecule has 0 saturated heterocycles. The van der Waals surface area contributed by atoms with E-state index < -0.39 is 0 Å². The van der Waals surface area contributed by atoms with E-state index in [1.807, 2.05) is 239 Å². The van der Waals surface area contributed by atoms with Crippen molar-refractivity contribution in [2.24, 2.45) is 0 Å². The Hall–Kier alpha value is -16.4. The molecule has 0 spiro atoms. The summed E-state index contributed by atoms with van der Waals surface area (Å²) in [4.78, 5) is 58.6. The van der Waals surface area contributed by atoms with Crippen LogP contribution in [0.15, 0.2) is 419 Å². The zero-order valence-electron chi connectivity index (χ0n) is 67.7. The molecule has 0 saturated carbocycles. The fraction of sp³-hybridized carbons (Fsp3) is 0.0270. The fourth-order valence-corrected chi connectivity index (χ4v) is 15.3. The highest BCUT2D eigenvalue weighted by atomic mass is 15.1. The summed E-state index contributed by atoms with van der Waals surface area (Å²) >= 11 is 0. The van der Waals surface area contributed by atoms with E-state index in [-0.39, 0.29) is 0 Å². The molecule has 0 fully saturated rings. The van der Waals surface area contributed by atoms with Crippen LogP contribution < -0.4 is 0 Å². The standard InChI is InChI=1S/3C37H26N4/c1-25-11-10-18-34(38-25)32-22-31(30-20-19-26-12-8-9-17-29(26)21-30)23-33(24-32)37-40-35(27-13-4-2-5-14-27)39-36(41-37)28-15-6-3-7-16-28;1-25-34(17-10-20-38-25)32-22-31(30-19-18-26-11-8-9-16-29(26)21-30)23-33(24-32)37-40-35(27-12-4-2-5-13-27)39-36(41-37)28-14-6-3-7-15-28;1-25-16-17-31(24-38-25)33-21-32(30-19-18-26-10-8-9-15-29(26)20-30)22-34(23-33)37-40-35(27-11-4-2-5-12-27)39-36(41-37)28-13-6-3-7-14-28/h3*2-24H,1H3. The number of pyridine rings is 3. The lowest BCUT2D eigenvalue weighted by Gasteiger charge is -2.13. The number of aromatic nitrogens is 12. The average molecular weight is 1580 g/mol. The molecular formula is C111H78N12. The molecular weight excluding hydrogens is 1500 g/mol. The molecule has 12 nitrogen and oxygen atoms in total. The number of hydrogen-bond donors (Lipinski definition) is 0. The van der Waals surface area contributed by atoms with Gasteiger partial charge in [0.2, 0.25) is 0 Å². The molecule has 6 heterocycles. The summed E-state index contributed by atoms with van der Waals surface area (Å²) in [5.74, 6) is 5.73. The van der Waals surface area contributed by atoms with Gasteiger partial charge in [-0.2, -0.15) is 0 Å². The lowest BCUT2D eigenvalue weighted by Crippen LogP contribution is -2.00. The number of aryl methyl sites for hydroxylation is 3. The first-order valence-electron chi connectivity index (χ1n) is 40.9. The minimum atomic E-state index is 0.620. The first-order chi connectivity index (χ1) is 60.6. The Bertz CT molecular complexity index is 7210. The van der Waals surface area contributed by atoms with E-state index in [9.17, 15) is 0 Å². The van der Waals surface area contributed by atoms with Gasteiger partial charge in [0.05, 0.1) is 5.69 Å². The molecule has 21 aromatic rings. The Morgan fingerprint density at radius 1 is 0.154 bits per heavy atom. The van der Waals surface area contributed by atoms with Crippen LogP contribution in [0.25, 0.3) is 202 Å². The van der Waals surface area contributed by atoms with Gasteiger partial charge >= 0.3 is 0 Å². The quantitative estimate of drug-likeness (QED) is 0.0959. The molecule has 123 heavy (non-hydrogen) atoms. The van der Waals surface area contributed by atoms with Gasteiger partial charge in [0.15, 0.2) is 52.4 Å². The van der Waals surface area contributed by atoms with Crippen LogP contribution in [0, 0.1) is 20.8 Å². The molecule has 582 valence electrons. The number of hydrogen-bond acceptors (Lipinski definition) is 12. The highest BCUT2D eigenvalue weighted by molar-refractivity contribution is 5.93. The van der Waals surface area contributed by atoms with Crippen LogP contribution in [-0.2, 0) is 0 Å². The van der Waals surface area contributed by atoms with Crippen LogP contribution in [0.3, 0.4) is 0 Å². The Morgan fingerprint density at radius 3 is 0.772 bits per heavy atom. The van der Waals surface area contributed by atoms with Gasteiger partial charge in [0, 0.05) is 96.2 Å². The summed E-state index contributed by atoms with van der Waals surface area (Å²) in [6, 6.07) is 139. The SMILES string of the molecule is Cc1ccc(-c2cc(-c3ccc4ccccc4c3)cc(-c3nc(-c4ccccc4)nc(-c4ccccc4)n3)c2)cn1.Cc1cccc(-c2cc(-c3ccc4ccccc4c3)cc(-c3nc(-c4ccccc4)nc(-c4ccccc4)n3)c2)n1.Cc1ncccc1-c1cc(-c2ccc3ccccc3c2)cc(-c2nc(-c3ccccc3)nc(-c3ccccc3)n2)c1. The summed E-state index contributed by atoms with van der Waals surface area (Å²) in [5, 5.41) is 7.24. The van der Waals surface area contributed by atoms with Crippen molar-refractivity contribution in [2.75, 3.05) is 0 Å². The van der Waals surface area contributed by atoms with Crippen LogP contribution in [-0.4, -0.2) is 59.8 Å². The molecule has 0 aliphatic carbocycles. The van der Waals surface area contributed by atoms with Gasteiger partial charge in [0.25, 0.3) is 0 Å². The second-order valence-corrected chi connectivity index (χ2v) is 30.2. The molecule has 0 bridgehead atoms. The van der Waals surface area contributed by atoms with Crippen LogP contribution >= 0.6 is 0 Å². The van der Waals surface area contributed by atoms with Crippen molar-refractivity contribution >= 4 is 32.3 Å². The summed E-state index contributed by atoms with van der Waals surface area (Å²) in [5.41, 5.74) is 24.2. The van der Waals surface area contributed by atoms with Crippen molar-refractivity contribution in [3.8, 4) is 169 Å². The molecule has 15 aromatic carbocycles. The third-order valence-electron chi connectivity index (χ3n) is 21.7. The third kappa shape index (κ3) is 17.5. The van der Waals surface area contributed by atoms with Gasteiger partial charge in [0.1, 0.15) is 0 Å². The maximum atomic E-state index is 5.00. The van der Waals surface area contributed by atoms with Gasteiger partial charge in [-0.15, -0.1) is 0 Å². The first kappa shape index (κ1) is 76.5. The topological polar surface area (TPSA) is 155 Å². The van der Waals surface area contributed by atoms with Crippen molar-refractivity contribution < 1.29 is 0 Å². The summed E-state index contributed by atoms with van der Waals surface area (Å²) in [6.07, 6.45) is 3.76. The zero-order valence-corrected chi connectivity index (χ0v) is 67.7. The summed E-state index contributed by atoms with van der Waals surface area (Å²) in [7, 11) is 0. The van der Waals surface area contributed by atoms with Gasteiger partial charge in [-0.1, -0.05) is 309 Å². The normalized spacial score (nSPS) is 11.0. The highest BCUT2D eigenvalue weighted by Gasteiger charge is 2.21. The maximum absolute atomic E-state index is 5.00. The lowest BCUT2D eigenvalue weighted by atomic mass is 9.94. The molecule has 0 N–H and O–H groups in total. The van der Waals surface area contributed by atoms with E-state index in [2.05, 4.69) is 210 Å². The van der Waals surface area contributed by atoms with Crippen molar-refractivity contribution in [2.45, 2.75) is 20.8 Å². The second kappa shape index (κ2) is 35.0. The van der Waals surface area contributed by atoms with Gasteiger partial charge in [-0.3, -0.25) is 15.0 Å². The van der Waals surface area contributed by atoms with Crippen molar-refractivity contribution in [1.29, 1.82) is 0 Å². The van der Waals surface area contributed by atoms with Crippen LogP contribution in [0.1, 0.15) is 17.1 Å². The third-order valence-corrected chi connectivity index (χ3v) is 21.7. The monoisotopic (exact) mass is 1580 g/mol. The van der Waals surface area contributed by atoms with Crippen LogP contribution in [0.5, 0.6) is 0 Å². The van der Waals surface area contributed by atoms with Crippen molar-refractivity contribution in [3.05, 3.63) is 436 Å². The molecule has 6 aromatic heterocycles. The minimum absolute atomic E-state index is 0.620. The Labute approximate surface area is 713 Å². The summed E-state index contributed by atoms with van der Waals surface area (Å²) < 4.78 is 0. The fourth-order valence-electron chi connectivity index (χ4n) is 15.3. The largest absolute Gasteiger partial charge is 0.261 e. The first-order valence-corrected chi connectivity index (χ1v) is 40.9. The number of benzene rings is 15. The van der Waals surface area contributed by atoms with E-state index in [4.69, 9.17) is 49.8 Å². The molecule has 12 heteroatoms. The highest BCUT2D eigenvalue weighted by Crippen LogP contribution is 2.40. The predicted molar refractivity (Wildman–Crippen MR) is 501 cm³/mol. The maximum Gasteiger partial charge on any atom is 0.164 e. The molecule has 0 atom stereocenters. The van der Waals surface area contributed by atoms with E-state index >= 15 is 0 Å².